The number of rotatable bonds is 7. The van der Waals surface area contributed by atoms with E-state index in [0.717, 1.165) is 19.3 Å². The Morgan fingerprint density at radius 2 is 1.47 bits per heavy atom. The Morgan fingerprint density at radius 3 is 2.03 bits per heavy atom. The minimum atomic E-state index is -0.507. The van der Waals surface area contributed by atoms with E-state index >= 15 is 0 Å². The number of carbonyl (C=O) groups excluding carboxylic acids is 2. The SMILES string of the molecule is COC(CC(=O)C1CC2CCCC(C1)N2C(=O)OCC1c2ccccc2-c2ccccc21)OC. The summed E-state index contributed by atoms with van der Waals surface area (Å²) in [6.07, 6.45) is 3.82. The second kappa shape index (κ2) is 9.88. The van der Waals surface area contributed by atoms with Gasteiger partial charge in [0.15, 0.2) is 6.29 Å². The molecule has 2 saturated heterocycles. The van der Waals surface area contributed by atoms with Crippen LogP contribution in [-0.2, 0) is 19.0 Å². The van der Waals surface area contributed by atoms with Crippen molar-refractivity contribution in [1.29, 1.82) is 0 Å². The molecule has 2 unspecified atom stereocenters. The second-order valence-electron chi connectivity index (χ2n) is 9.69. The van der Waals surface area contributed by atoms with Gasteiger partial charge in [0, 0.05) is 38.1 Å². The number of piperidine rings is 2. The van der Waals surface area contributed by atoms with Crippen molar-refractivity contribution >= 4 is 11.9 Å². The third-order valence-electron chi connectivity index (χ3n) is 7.87. The van der Waals surface area contributed by atoms with Crippen LogP contribution in [0.1, 0.15) is 55.6 Å². The maximum absolute atomic E-state index is 13.3. The van der Waals surface area contributed by atoms with Crippen LogP contribution in [0.25, 0.3) is 11.1 Å². The molecule has 0 saturated carbocycles. The third-order valence-corrected chi connectivity index (χ3v) is 7.87. The molecule has 2 aromatic carbocycles. The number of benzene rings is 2. The molecule has 3 aliphatic rings. The first-order chi connectivity index (χ1) is 16.6. The highest BCUT2D eigenvalue weighted by Gasteiger charge is 2.44. The molecule has 1 amide bonds. The van der Waals surface area contributed by atoms with Crippen molar-refractivity contribution in [2.75, 3.05) is 20.8 Å². The average Bonchev–Trinajstić information content (AvgIpc) is 3.18. The Kier molecular flexibility index (Phi) is 6.70. The second-order valence-corrected chi connectivity index (χ2v) is 9.69. The van der Waals surface area contributed by atoms with Crippen LogP contribution in [0.5, 0.6) is 0 Å². The summed E-state index contributed by atoms with van der Waals surface area (Å²) in [6.45, 7) is 0.328. The fraction of sp³-hybridized carbons (Fsp3) is 0.500. The smallest absolute Gasteiger partial charge is 0.410 e. The number of amides is 1. The van der Waals surface area contributed by atoms with Crippen molar-refractivity contribution in [3.8, 4) is 11.1 Å². The summed E-state index contributed by atoms with van der Waals surface area (Å²) in [4.78, 5) is 28.1. The number of hydrogen-bond acceptors (Lipinski definition) is 5. The Hall–Kier alpha value is -2.70. The van der Waals surface area contributed by atoms with E-state index in [1.165, 1.54) is 22.3 Å². The van der Waals surface area contributed by atoms with E-state index in [4.69, 9.17) is 14.2 Å². The topological polar surface area (TPSA) is 65.1 Å². The van der Waals surface area contributed by atoms with Crippen LogP contribution in [0.15, 0.2) is 48.5 Å². The van der Waals surface area contributed by atoms with Crippen molar-refractivity contribution in [3.05, 3.63) is 59.7 Å². The molecule has 2 heterocycles. The van der Waals surface area contributed by atoms with Crippen molar-refractivity contribution in [3.63, 3.8) is 0 Å². The fourth-order valence-corrected chi connectivity index (χ4v) is 6.20. The van der Waals surface area contributed by atoms with Gasteiger partial charge in [-0.05, 0) is 54.4 Å². The van der Waals surface area contributed by atoms with E-state index in [-0.39, 0.29) is 42.2 Å². The first kappa shape index (κ1) is 23.1. The van der Waals surface area contributed by atoms with E-state index in [1.807, 2.05) is 17.0 Å². The summed E-state index contributed by atoms with van der Waals surface area (Å²) in [5, 5.41) is 0. The highest BCUT2D eigenvalue weighted by atomic mass is 16.7. The van der Waals surface area contributed by atoms with Crippen molar-refractivity contribution < 1.29 is 23.8 Å². The van der Waals surface area contributed by atoms with Crippen LogP contribution >= 0.6 is 0 Å². The summed E-state index contributed by atoms with van der Waals surface area (Å²) < 4.78 is 16.4. The van der Waals surface area contributed by atoms with Crippen LogP contribution in [-0.4, -0.2) is 56.0 Å². The van der Waals surface area contributed by atoms with Gasteiger partial charge in [0.05, 0.1) is 6.42 Å². The molecule has 180 valence electrons. The lowest BCUT2D eigenvalue weighted by molar-refractivity contribution is -0.143. The molecular weight excluding hydrogens is 430 g/mol. The van der Waals surface area contributed by atoms with Crippen LogP contribution in [0.3, 0.4) is 0 Å². The van der Waals surface area contributed by atoms with E-state index < -0.39 is 6.29 Å². The molecule has 0 spiro atoms. The van der Waals surface area contributed by atoms with Crippen LogP contribution in [0.4, 0.5) is 4.79 Å². The molecule has 2 aliphatic heterocycles. The fourth-order valence-electron chi connectivity index (χ4n) is 6.20. The normalized spacial score (nSPS) is 23.5. The zero-order chi connectivity index (χ0) is 23.7. The number of carbonyl (C=O) groups is 2. The minimum absolute atomic E-state index is 0.0512. The van der Waals surface area contributed by atoms with E-state index in [9.17, 15) is 9.59 Å². The zero-order valence-corrected chi connectivity index (χ0v) is 19.9. The average molecular weight is 464 g/mol. The zero-order valence-electron chi connectivity index (χ0n) is 19.9. The van der Waals surface area contributed by atoms with Gasteiger partial charge >= 0.3 is 6.09 Å². The van der Waals surface area contributed by atoms with Crippen LogP contribution in [0, 0.1) is 5.92 Å². The summed E-state index contributed by atoms with van der Waals surface area (Å²) in [7, 11) is 3.10. The quantitative estimate of drug-likeness (QED) is 0.532. The summed E-state index contributed by atoms with van der Waals surface area (Å²) >= 11 is 0. The highest BCUT2D eigenvalue weighted by molar-refractivity contribution is 5.82. The van der Waals surface area contributed by atoms with Crippen LogP contribution < -0.4 is 0 Å². The van der Waals surface area contributed by atoms with Gasteiger partial charge in [-0.1, -0.05) is 48.5 Å². The van der Waals surface area contributed by atoms with Gasteiger partial charge in [0.1, 0.15) is 12.4 Å². The summed E-state index contributed by atoms with van der Waals surface area (Å²) in [5.41, 5.74) is 4.88. The molecule has 2 bridgehead atoms. The Balaban J connectivity index is 1.26. The highest BCUT2D eigenvalue weighted by Crippen LogP contribution is 2.45. The third kappa shape index (κ3) is 4.25. The number of hydrogen-bond donors (Lipinski definition) is 0. The van der Waals surface area contributed by atoms with Crippen molar-refractivity contribution in [1.82, 2.24) is 4.90 Å². The molecule has 1 aliphatic carbocycles. The standard InChI is InChI=1S/C28H33NO5/c1-32-27(33-2)16-26(30)18-14-19-8-7-9-20(15-18)29(19)28(31)34-17-25-23-12-5-3-10-21(23)22-11-4-6-13-24(22)25/h3-6,10-13,18-20,25,27H,7-9,14-17H2,1-2H3. The summed E-state index contributed by atoms with van der Waals surface area (Å²) in [6, 6.07) is 16.9. The van der Waals surface area contributed by atoms with Crippen molar-refractivity contribution in [2.24, 2.45) is 5.92 Å². The molecule has 6 heteroatoms. The van der Waals surface area contributed by atoms with Crippen LogP contribution in [0.2, 0.25) is 0 Å². The monoisotopic (exact) mass is 463 g/mol. The van der Waals surface area contributed by atoms with Gasteiger partial charge in [0.2, 0.25) is 0 Å². The number of ether oxygens (including phenoxy) is 3. The number of Topliss-reactive ketones (excluding diaryl/α,β-unsaturated/α-hetero) is 1. The molecule has 2 aromatic rings. The first-order valence-electron chi connectivity index (χ1n) is 12.3. The molecular formula is C28H33NO5. The molecule has 0 radical (unpaired) electrons. The van der Waals surface area contributed by atoms with Gasteiger partial charge < -0.3 is 19.1 Å². The molecule has 5 rings (SSSR count). The molecule has 0 N–H and O–H groups in total. The van der Waals surface area contributed by atoms with E-state index in [2.05, 4.69) is 36.4 Å². The van der Waals surface area contributed by atoms with Gasteiger partial charge in [-0.3, -0.25) is 4.79 Å². The lowest BCUT2D eigenvalue weighted by Gasteiger charge is -2.47. The number of fused-ring (bicyclic) bond motifs is 5. The lowest BCUT2D eigenvalue weighted by Crippen LogP contribution is -2.56. The van der Waals surface area contributed by atoms with Gasteiger partial charge in [-0.25, -0.2) is 4.79 Å². The number of methoxy groups -OCH3 is 2. The number of nitrogens with zero attached hydrogens (tertiary/aromatic N) is 1. The largest absolute Gasteiger partial charge is 0.448 e. The molecule has 2 fully saturated rings. The maximum atomic E-state index is 13.3. The predicted molar refractivity (Wildman–Crippen MR) is 128 cm³/mol. The van der Waals surface area contributed by atoms with E-state index in [0.29, 0.717) is 19.4 Å². The van der Waals surface area contributed by atoms with Gasteiger partial charge in [-0.15, -0.1) is 0 Å². The molecule has 34 heavy (non-hydrogen) atoms. The Labute approximate surface area is 201 Å². The van der Waals surface area contributed by atoms with Crippen molar-refractivity contribution in [2.45, 2.75) is 62.8 Å². The Bertz CT molecular complexity index is 989. The Morgan fingerprint density at radius 1 is 0.912 bits per heavy atom. The molecule has 2 atom stereocenters. The van der Waals surface area contributed by atoms with E-state index in [1.54, 1.807) is 14.2 Å². The molecule has 6 nitrogen and oxygen atoms in total. The minimum Gasteiger partial charge on any atom is -0.448 e. The first-order valence-corrected chi connectivity index (χ1v) is 12.3. The lowest BCUT2D eigenvalue weighted by atomic mass is 9.76. The molecule has 0 aromatic heterocycles. The number of ketones is 1. The van der Waals surface area contributed by atoms with Gasteiger partial charge in [-0.2, -0.15) is 0 Å². The predicted octanol–water partition coefficient (Wildman–Crippen LogP) is 5.15. The summed E-state index contributed by atoms with van der Waals surface area (Å²) in [5.74, 6) is 0.161. The maximum Gasteiger partial charge on any atom is 0.410 e. The van der Waals surface area contributed by atoms with Gasteiger partial charge in [0.25, 0.3) is 0 Å².